The minimum absolute atomic E-state index is 0.371. The number of anilines is 1. The fraction of sp³-hybridized carbons (Fsp3) is 0.500. The van der Waals surface area contributed by atoms with Gasteiger partial charge in [0.1, 0.15) is 5.82 Å². The molecule has 1 aliphatic rings. The van der Waals surface area contributed by atoms with Gasteiger partial charge in [-0.3, -0.25) is 4.40 Å². The zero-order chi connectivity index (χ0) is 18.6. The van der Waals surface area contributed by atoms with E-state index in [9.17, 15) is 0 Å². The molecule has 7 heteroatoms. The van der Waals surface area contributed by atoms with Crippen molar-refractivity contribution >= 4 is 11.6 Å². The Bertz CT molecular complexity index is 902. The number of nitrogens with one attached hydrogen (secondary N) is 1. The maximum Gasteiger partial charge on any atom is 0.223 e. The second kappa shape index (κ2) is 8.00. The van der Waals surface area contributed by atoms with E-state index < -0.39 is 0 Å². The number of ether oxygens (including phenoxy) is 1. The smallest absolute Gasteiger partial charge is 0.223 e. The number of nitrogens with zero attached hydrogens (tertiary/aromatic N) is 5. The summed E-state index contributed by atoms with van der Waals surface area (Å²) in [6, 6.07) is 6.40. The molecule has 0 aromatic carbocycles. The van der Waals surface area contributed by atoms with E-state index in [1.165, 1.54) is 0 Å². The molecule has 3 aromatic heterocycles. The van der Waals surface area contributed by atoms with E-state index in [0.717, 1.165) is 61.6 Å². The van der Waals surface area contributed by atoms with Crippen LogP contribution in [-0.2, 0) is 11.2 Å². The van der Waals surface area contributed by atoms with Crippen molar-refractivity contribution in [1.82, 2.24) is 24.6 Å². The highest BCUT2D eigenvalue weighted by atomic mass is 16.5. The Morgan fingerprint density at radius 1 is 1.26 bits per heavy atom. The second-order valence-corrected chi connectivity index (χ2v) is 7.27. The van der Waals surface area contributed by atoms with Gasteiger partial charge in [-0.2, -0.15) is 0 Å². The van der Waals surface area contributed by atoms with Gasteiger partial charge in [-0.15, -0.1) is 10.2 Å². The van der Waals surface area contributed by atoms with Crippen molar-refractivity contribution in [2.45, 2.75) is 45.6 Å². The van der Waals surface area contributed by atoms with E-state index >= 15 is 0 Å². The molecule has 0 saturated carbocycles. The molecule has 1 saturated heterocycles. The topological polar surface area (TPSA) is 77.2 Å². The summed E-state index contributed by atoms with van der Waals surface area (Å²) in [5.74, 6) is 2.27. The number of pyridine rings is 1. The molecule has 142 valence electrons. The monoisotopic (exact) mass is 366 g/mol. The van der Waals surface area contributed by atoms with Crippen molar-refractivity contribution in [2.75, 3.05) is 18.5 Å². The summed E-state index contributed by atoms with van der Waals surface area (Å²) in [7, 11) is 0. The molecular formula is C20H26N6O. The Kier molecular flexibility index (Phi) is 5.29. The Labute approximate surface area is 159 Å². The van der Waals surface area contributed by atoms with Crippen LogP contribution < -0.4 is 5.32 Å². The van der Waals surface area contributed by atoms with Crippen molar-refractivity contribution < 1.29 is 4.74 Å². The summed E-state index contributed by atoms with van der Waals surface area (Å²) >= 11 is 0. The summed E-state index contributed by atoms with van der Waals surface area (Å²) in [6.07, 6.45) is 7.87. The van der Waals surface area contributed by atoms with Crippen LogP contribution in [0.2, 0.25) is 0 Å². The largest absolute Gasteiger partial charge is 0.381 e. The summed E-state index contributed by atoms with van der Waals surface area (Å²) in [4.78, 5) is 9.06. The average Bonchev–Trinajstić information content (AvgIpc) is 3.11. The lowest BCUT2D eigenvalue weighted by molar-refractivity contribution is 0.0903. The van der Waals surface area contributed by atoms with Gasteiger partial charge < -0.3 is 10.1 Å². The molecule has 1 aliphatic heterocycles. The maximum atomic E-state index is 5.41. The van der Waals surface area contributed by atoms with E-state index in [1.54, 1.807) is 6.20 Å². The van der Waals surface area contributed by atoms with E-state index in [2.05, 4.69) is 44.8 Å². The Morgan fingerprint density at radius 3 is 2.93 bits per heavy atom. The van der Waals surface area contributed by atoms with E-state index in [-0.39, 0.29) is 0 Å². The first kappa shape index (κ1) is 17.9. The highest BCUT2D eigenvalue weighted by Gasteiger charge is 2.15. The standard InChI is InChI=1S/C20H26N6O/c1-3-14(2)12-18-24-25-19-13-15(5-9-26(18)19)17-4-8-21-20(23-17)22-16-6-10-27-11-7-16/h4-5,8-9,13-14,16H,3,6-7,10-12H2,1-2H3,(H,21,22,23). The Hall–Kier alpha value is -2.54. The number of rotatable bonds is 6. The number of hydrogen-bond acceptors (Lipinski definition) is 6. The lowest BCUT2D eigenvalue weighted by Gasteiger charge is -2.23. The van der Waals surface area contributed by atoms with Gasteiger partial charge in [0.05, 0.1) is 5.69 Å². The molecule has 0 amide bonds. The van der Waals surface area contributed by atoms with Crippen LogP contribution in [0.5, 0.6) is 0 Å². The molecule has 0 bridgehead atoms. The lowest BCUT2D eigenvalue weighted by Crippen LogP contribution is -2.28. The molecule has 7 nitrogen and oxygen atoms in total. The number of hydrogen-bond donors (Lipinski definition) is 1. The van der Waals surface area contributed by atoms with Gasteiger partial charge in [0.15, 0.2) is 5.65 Å². The Balaban J connectivity index is 1.56. The summed E-state index contributed by atoms with van der Waals surface area (Å²) in [6.45, 7) is 6.02. The highest BCUT2D eigenvalue weighted by molar-refractivity contribution is 5.64. The van der Waals surface area contributed by atoms with Crippen LogP contribution in [-0.4, -0.2) is 43.8 Å². The first-order valence-electron chi connectivity index (χ1n) is 9.74. The molecule has 1 atom stereocenters. The van der Waals surface area contributed by atoms with Crippen molar-refractivity contribution in [3.8, 4) is 11.3 Å². The van der Waals surface area contributed by atoms with Crippen LogP contribution in [0.3, 0.4) is 0 Å². The molecule has 1 N–H and O–H groups in total. The summed E-state index contributed by atoms with van der Waals surface area (Å²) < 4.78 is 7.48. The Morgan fingerprint density at radius 2 is 2.11 bits per heavy atom. The van der Waals surface area contributed by atoms with Gasteiger partial charge >= 0.3 is 0 Å². The van der Waals surface area contributed by atoms with E-state index in [0.29, 0.717) is 17.9 Å². The molecule has 0 spiro atoms. The van der Waals surface area contributed by atoms with Crippen LogP contribution >= 0.6 is 0 Å². The number of fused-ring (bicyclic) bond motifs is 1. The normalized spacial score (nSPS) is 16.5. The third-order valence-corrected chi connectivity index (χ3v) is 5.21. The van der Waals surface area contributed by atoms with Crippen molar-refractivity contribution in [3.63, 3.8) is 0 Å². The van der Waals surface area contributed by atoms with Crippen LogP contribution in [0.4, 0.5) is 5.95 Å². The third-order valence-electron chi connectivity index (χ3n) is 5.21. The SMILES string of the molecule is CCC(C)Cc1nnc2cc(-c3ccnc(NC4CCOCC4)n3)ccn12. The third kappa shape index (κ3) is 4.08. The minimum atomic E-state index is 0.371. The van der Waals surface area contributed by atoms with Gasteiger partial charge in [-0.05, 0) is 37.0 Å². The summed E-state index contributed by atoms with van der Waals surface area (Å²) in [5.41, 5.74) is 2.75. The molecule has 1 fully saturated rings. The van der Waals surface area contributed by atoms with Crippen LogP contribution in [0.1, 0.15) is 38.9 Å². The minimum Gasteiger partial charge on any atom is -0.381 e. The van der Waals surface area contributed by atoms with Crippen LogP contribution in [0, 0.1) is 5.92 Å². The van der Waals surface area contributed by atoms with Gasteiger partial charge in [0.2, 0.25) is 5.95 Å². The predicted octanol–water partition coefficient (Wildman–Crippen LogP) is 3.37. The molecule has 3 aromatic rings. The van der Waals surface area contributed by atoms with E-state index in [1.807, 2.05) is 18.3 Å². The summed E-state index contributed by atoms with van der Waals surface area (Å²) in [5, 5.41) is 12.1. The van der Waals surface area contributed by atoms with Gasteiger partial charge in [-0.1, -0.05) is 20.3 Å². The fourth-order valence-electron chi connectivity index (χ4n) is 3.31. The second-order valence-electron chi connectivity index (χ2n) is 7.27. The maximum absolute atomic E-state index is 5.41. The average molecular weight is 366 g/mol. The molecule has 4 heterocycles. The van der Waals surface area contributed by atoms with Gasteiger partial charge in [0, 0.05) is 43.6 Å². The van der Waals surface area contributed by atoms with Crippen molar-refractivity contribution in [1.29, 1.82) is 0 Å². The van der Waals surface area contributed by atoms with Crippen LogP contribution in [0.15, 0.2) is 30.6 Å². The predicted molar refractivity (Wildman–Crippen MR) is 105 cm³/mol. The molecule has 0 aliphatic carbocycles. The van der Waals surface area contributed by atoms with Crippen molar-refractivity contribution in [3.05, 3.63) is 36.4 Å². The quantitative estimate of drug-likeness (QED) is 0.721. The van der Waals surface area contributed by atoms with Crippen LogP contribution in [0.25, 0.3) is 16.9 Å². The number of aromatic nitrogens is 5. The zero-order valence-electron chi connectivity index (χ0n) is 15.9. The van der Waals surface area contributed by atoms with Gasteiger partial charge in [0.25, 0.3) is 0 Å². The van der Waals surface area contributed by atoms with Crippen molar-refractivity contribution in [2.24, 2.45) is 5.92 Å². The first-order chi connectivity index (χ1) is 13.2. The molecule has 27 heavy (non-hydrogen) atoms. The first-order valence-corrected chi connectivity index (χ1v) is 9.74. The highest BCUT2D eigenvalue weighted by Crippen LogP contribution is 2.21. The zero-order valence-corrected chi connectivity index (χ0v) is 15.9. The van der Waals surface area contributed by atoms with Gasteiger partial charge in [-0.25, -0.2) is 9.97 Å². The molecule has 4 rings (SSSR count). The molecule has 0 radical (unpaired) electrons. The lowest BCUT2D eigenvalue weighted by atomic mass is 10.1. The molecular weight excluding hydrogens is 340 g/mol. The van der Waals surface area contributed by atoms with E-state index in [4.69, 9.17) is 9.72 Å². The fourth-order valence-corrected chi connectivity index (χ4v) is 3.31. The molecule has 1 unspecified atom stereocenters.